The zero-order chi connectivity index (χ0) is 17.6. The summed E-state index contributed by atoms with van der Waals surface area (Å²) in [5.41, 5.74) is 2.10. The average Bonchev–Trinajstić information content (AvgIpc) is 2.63. The number of hydrogen-bond acceptors (Lipinski definition) is 4. The fourth-order valence-electron chi connectivity index (χ4n) is 2.94. The highest BCUT2D eigenvalue weighted by Gasteiger charge is 2.19. The third-order valence-corrected chi connectivity index (χ3v) is 4.63. The van der Waals surface area contributed by atoms with Crippen LogP contribution in [0, 0.1) is 10.1 Å². The highest BCUT2D eigenvalue weighted by atomic mass is 35.5. The van der Waals surface area contributed by atoms with Crippen LogP contribution in [0.4, 0.5) is 11.4 Å². The Hall–Kier alpha value is -2.37. The monoisotopic (exact) mass is 357 g/mol. The van der Waals surface area contributed by atoms with E-state index < -0.39 is 4.92 Å². The van der Waals surface area contributed by atoms with Gasteiger partial charge in [0.25, 0.3) is 5.69 Å². The van der Waals surface area contributed by atoms with Gasteiger partial charge in [0.2, 0.25) is 0 Å². The van der Waals surface area contributed by atoms with Crippen LogP contribution in [0.15, 0.2) is 54.6 Å². The zero-order valence-electron chi connectivity index (χ0n) is 13.8. The summed E-state index contributed by atoms with van der Waals surface area (Å²) in [6, 6.07) is 14.9. The number of hydrogen-bond donors (Lipinski definition) is 0. The number of benzene rings is 2. The highest BCUT2D eigenvalue weighted by molar-refractivity contribution is 6.33. The van der Waals surface area contributed by atoms with E-state index in [4.69, 9.17) is 11.6 Å². The van der Waals surface area contributed by atoms with Gasteiger partial charge < -0.3 is 4.90 Å². The number of nitrogens with zero attached hydrogens (tertiary/aromatic N) is 3. The van der Waals surface area contributed by atoms with Gasteiger partial charge in [-0.05, 0) is 11.6 Å². The van der Waals surface area contributed by atoms with Crippen LogP contribution < -0.4 is 4.90 Å². The molecule has 0 unspecified atom stereocenters. The first kappa shape index (κ1) is 17.5. The average molecular weight is 358 g/mol. The Morgan fingerprint density at radius 3 is 2.44 bits per heavy atom. The summed E-state index contributed by atoms with van der Waals surface area (Å²) in [5, 5.41) is 11.2. The number of anilines is 1. The van der Waals surface area contributed by atoms with Crippen LogP contribution in [0.25, 0.3) is 6.08 Å². The van der Waals surface area contributed by atoms with Gasteiger partial charge in [0, 0.05) is 44.9 Å². The summed E-state index contributed by atoms with van der Waals surface area (Å²) in [6.07, 6.45) is 4.32. The van der Waals surface area contributed by atoms with Gasteiger partial charge in [0.1, 0.15) is 0 Å². The van der Waals surface area contributed by atoms with Crippen molar-refractivity contribution in [2.24, 2.45) is 0 Å². The van der Waals surface area contributed by atoms with Crippen LogP contribution in [0.2, 0.25) is 5.02 Å². The lowest BCUT2D eigenvalue weighted by molar-refractivity contribution is -0.384. The molecule has 0 aliphatic carbocycles. The molecule has 2 aromatic carbocycles. The maximum Gasteiger partial charge on any atom is 0.271 e. The summed E-state index contributed by atoms with van der Waals surface area (Å²) < 4.78 is 0. The van der Waals surface area contributed by atoms with Crippen LogP contribution in [-0.2, 0) is 0 Å². The van der Waals surface area contributed by atoms with Crippen LogP contribution >= 0.6 is 11.6 Å². The summed E-state index contributed by atoms with van der Waals surface area (Å²) in [5.74, 6) is 0. The molecule has 0 bridgehead atoms. The minimum absolute atomic E-state index is 0.0263. The molecule has 1 heterocycles. The Bertz CT molecular complexity index is 757. The van der Waals surface area contributed by atoms with Gasteiger partial charge in [0.15, 0.2) is 0 Å². The number of nitro groups is 1. The highest BCUT2D eigenvalue weighted by Crippen LogP contribution is 2.30. The van der Waals surface area contributed by atoms with Crippen LogP contribution in [0.3, 0.4) is 0 Å². The molecule has 1 fully saturated rings. The van der Waals surface area contributed by atoms with Crippen molar-refractivity contribution in [3.05, 3.63) is 75.3 Å². The van der Waals surface area contributed by atoms with Crippen molar-refractivity contribution < 1.29 is 4.92 Å². The molecule has 5 nitrogen and oxygen atoms in total. The van der Waals surface area contributed by atoms with Crippen LogP contribution in [0.5, 0.6) is 0 Å². The van der Waals surface area contributed by atoms with Gasteiger partial charge in [-0.1, -0.05) is 54.1 Å². The summed E-state index contributed by atoms with van der Waals surface area (Å²) in [7, 11) is 0. The molecule has 3 rings (SSSR count). The van der Waals surface area contributed by atoms with Crippen LogP contribution in [0.1, 0.15) is 5.56 Å². The third kappa shape index (κ3) is 4.59. The van der Waals surface area contributed by atoms with Gasteiger partial charge in [-0.2, -0.15) is 0 Å². The fourth-order valence-corrected chi connectivity index (χ4v) is 3.23. The molecule has 25 heavy (non-hydrogen) atoms. The van der Waals surface area contributed by atoms with Crippen LogP contribution in [-0.4, -0.2) is 42.5 Å². The molecule has 0 spiro atoms. The Kier molecular flexibility index (Phi) is 5.68. The van der Waals surface area contributed by atoms with E-state index in [1.54, 1.807) is 6.07 Å². The van der Waals surface area contributed by atoms with E-state index >= 15 is 0 Å². The molecule has 1 aliphatic rings. The SMILES string of the molecule is O=[N+]([O-])c1ccc(N2CCN(C/C=C/c3ccccc3)CC2)c(Cl)c1. The van der Waals surface area contributed by atoms with Crippen molar-refractivity contribution in [3.8, 4) is 0 Å². The molecular formula is C19H20ClN3O2. The first-order valence-corrected chi connectivity index (χ1v) is 8.64. The molecule has 130 valence electrons. The Morgan fingerprint density at radius 1 is 1.08 bits per heavy atom. The minimum Gasteiger partial charge on any atom is -0.368 e. The van der Waals surface area contributed by atoms with Crippen molar-refractivity contribution in [2.75, 3.05) is 37.6 Å². The second kappa shape index (κ2) is 8.14. The van der Waals surface area contributed by atoms with E-state index in [0.29, 0.717) is 5.02 Å². The van der Waals surface area contributed by atoms with Gasteiger partial charge in [-0.15, -0.1) is 0 Å². The topological polar surface area (TPSA) is 49.6 Å². The number of nitro benzene ring substituents is 1. The second-order valence-electron chi connectivity index (χ2n) is 5.99. The quantitative estimate of drug-likeness (QED) is 0.597. The van der Waals surface area contributed by atoms with E-state index in [2.05, 4.69) is 34.1 Å². The lowest BCUT2D eigenvalue weighted by Crippen LogP contribution is -2.46. The molecular weight excluding hydrogens is 338 g/mol. The third-order valence-electron chi connectivity index (χ3n) is 4.33. The van der Waals surface area contributed by atoms with Crippen molar-refractivity contribution in [1.29, 1.82) is 0 Å². The second-order valence-corrected chi connectivity index (χ2v) is 6.40. The first-order chi connectivity index (χ1) is 12.1. The largest absolute Gasteiger partial charge is 0.368 e. The minimum atomic E-state index is -0.424. The fraction of sp³-hybridized carbons (Fsp3) is 0.263. The van der Waals surface area contributed by atoms with Crippen molar-refractivity contribution in [3.63, 3.8) is 0 Å². The lowest BCUT2D eigenvalue weighted by Gasteiger charge is -2.36. The number of halogens is 1. The summed E-state index contributed by atoms with van der Waals surface area (Å²) in [6.45, 7) is 4.50. The maximum atomic E-state index is 10.8. The molecule has 0 amide bonds. The molecule has 2 aromatic rings. The maximum absolute atomic E-state index is 10.8. The normalized spacial score (nSPS) is 15.6. The molecule has 0 saturated carbocycles. The summed E-state index contributed by atoms with van der Waals surface area (Å²) in [4.78, 5) is 15.0. The van der Waals surface area contributed by atoms with Gasteiger partial charge in [-0.25, -0.2) is 0 Å². The predicted molar refractivity (Wildman–Crippen MR) is 102 cm³/mol. The van der Waals surface area contributed by atoms with Crippen molar-refractivity contribution >= 4 is 29.1 Å². The smallest absolute Gasteiger partial charge is 0.271 e. The molecule has 0 atom stereocenters. The van der Waals surface area contributed by atoms with Gasteiger partial charge in [0.05, 0.1) is 15.6 Å². The van der Waals surface area contributed by atoms with E-state index in [0.717, 1.165) is 38.4 Å². The molecule has 6 heteroatoms. The van der Waals surface area contributed by atoms with Crippen molar-refractivity contribution in [1.82, 2.24) is 4.90 Å². The number of piperazine rings is 1. The number of non-ortho nitro benzene ring substituents is 1. The van der Waals surface area contributed by atoms with E-state index in [9.17, 15) is 10.1 Å². The Balaban J connectivity index is 1.53. The predicted octanol–water partition coefficient (Wildman–Crippen LogP) is 4.08. The molecule has 0 aromatic heterocycles. The Labute approximate surface area is 152 Å². The first-order valence-electron chi connectivity index (χ1n) is 8.26. The molecule has 0 N–H and O–H groups in total. The van der Waals surface area contributed by atoms with Crippen molar-refractivity contribution in [2.45, 2.75) is 0 Å². The van der Waals surface area contributed by atoms with Gasteiger partial charge >= 0.3 is 0 Å². The lowest BCUT2D eigenvalue weighted by atomic mass is 10.2. The molecule has 0 radical (unpaired) electrons. The molecule has 1 saturated heterocycles. The summed E-state index contributed by atoms with van der Waals surface area (Å²) >= 11 is 6.22. The van der Waals surface area contributed by atoms with E-state index in [-0.39, 0.29) is 5.69 Å². The molecule has 1 aliphatic heterocycles. The Morgan fingerprint density at radius 2 is 1.80 bits per heavy atom. The standard InChI is InChI=1S/C19H20ClN3O2/c20-18-15-17(23(24)25)8-9-19(18)22-13-11-21(12-14-22)10-4-7-16-5-2-1-3-6-16/h1-9,15H,10-14H2/b7-4+. The number of rotatable bonds is 5. The zero-order valence-corrected chi connectivity index (χ0v) is 14.6. The van der Waals surface area contributed by atoms with E-state index in [1.807, 2.05) is 18.2 Å². The van der Waals surface area contributed by atoms with E-state index in [1.165, 1.54) is 17.7 Å². The van der Waals surface area contributed by atoms with Gasteiger partial charge in [-0.3, -0.25) is 15.0 Å².